The Morgan fingerprint density at radius 3 is 2.00 bits per heavy atom. The fourth-order valence-electron chi connectivity index (χ4n) is 0.241. The van der Waals surface area contributed by atoms with Gasteiger partial charge in [0.2, 0.25) is 0 Å². The average molecular weight is 140 g/mol. The molecular formula is C5H7F3O. The van der Waals surface area contributed by atoms with Gasteiger partial charge < -0.3 is 4.74 Å². The Balaban J connectivity index is 3.75. The lowest BCUT2D eigenvalue weighted by molar-refractivity contribution is -0.305. The predicted molar refractivity (Wildman–Crippen MR) is 26.6 cm³/mol. The van der Waals surface area contributed by atoms with Gasteiger partial charge in [-0.05, 0) is 19.9 Å². The van der Waals surface area contributed by atoms with Gasteiger partial charge in [0, 0.05) is 0 Å². The first kappa shape index (κ1) is 8.33. The molecular weight excluding hydrogens is 133 g/mol. The van der Waals surface area contributed by atoms with Crippen molar-refractivity contribution in [1.82, 2.24) is 0 Å². The molecule has 0 aliphatic carbocycles. The second kappa shape index (κ2) is 2.75. The van der Waals surface area contributed by atoms with Crippen molar-refractivity contribution in [3.05, 3.63) is 11.8 Å². The quantitative estimate of drug-likeness (QED) is 0.508. The van der Waals surface area contributed by atoms with Gasteiger partial charge in [-0.2, -0.15) is 0 Å². The van der Waals surface area contributed by atoms with Crippen LogP contribution in [-0.2, 0) is 4.74 Å². The largest absolute Gasteiger partial charge is 0.572 e. The number of allylic oxidation sites excluding steroid dienone is 2. The van der Waals surface area contributed by atoms with Crippen molar-refractivity contribution in [2.24, 2.45) is 0 Å². The molecule has 54 valence electrons. The SMILES string of the molecule is CC=C(C)OC(F)(F)F. The first-order chi connectivity index (χ1) is 3.95. The summed E-state index contributed by atoms with van der Waals surface area (Å²) in [7, 11) is 0. The average Bonchev–Trinajstić information content (AvgIpc) is 1.62. The lowest BCUT2D eigenvalue weighted by atomic mass is 10.5. The summed E-state index contributed by atoms with van der Waals surface area (Å²) < 4.78 is 37.1. The molecule has 0 saturated heterocycles. The topological polar surface area (TPSA) is 9.23 Å². The summed E-state index contributed by atoms with van der Waals surface area (Å²) in [6.45, 7) is 2.72. The molecule has 0 heterocycles. The second-order valence-corrected chi connectivity index (χ2v) is 1.45. The molecule has 0 aromatic heterocycles. The number of hydrogen-bond acceptors (Lipinski definition) is 1. The lowest BCUT2D eigenvalue weighted by Crippen LogP contribution is -2.11. The molecule has 0 aromatic rings. The van der Waals surface area contributed by atoms with Gasteiger partial charge >= 0.3 is 6.36 Å². The van der Waals surface area contributed by atoms with Gasteiger partial charge in [-0.1, -0.05) is 0 Å². The van der Waals surface area contributed by atoms with E-state index in [-0.39, 0.29) is 5.76 Å². The first-order valence-electron chi connectivity index (χ1n) is 2.34. The van der Waals surface area contributed by atoms with Crippen LogP contribution in [0.15, 0.2) is 11.8 Å². The Bertz CT molecular complexity index is 114. The molecule has 4 heteroatoms. The smallest absolute Gasteiger partial charge is 0.411 e. The van der Waals surface area contributed by atoms with E-state index in [9.17, 15) is 13.2 Å². The van der Waals surface area contributed by atoms with Gasteiger partial charge in [0.05, 0.1) is 5.76 Å². The molecule has 0 fully saturated rings. The van der Waals surface area contributed by atoms with E-state index in [4.69, 9.17) is 0 Å². The Morgan fingerprint density at radius 1 is 1.44 bits per heavy atom. The van der Waals surface area contributed by atoms with E-state index in [0.717, 1.165) is 0 Å². The summed E-state index contributed by atoms with van der Waals surface area (Å²) in [5.41, 5.74) is 0. The molecule has 0 bridgehead atoms. The third-order valence-electron chi connectivity index (χ3n) is 0.683. The third kappa shape index (κ3) is 5.20. The van der Waals surface area contributed by atoms with Gasteiger partial charge in [0.25, 0.3) is 0 Å². The van der Waals surface area contributed by atoms with Gasteiger partial charge in [0.1, 0.15) is 0 Å². The van der Waals surface area contributed by atoms with Crippen LogP contribution in [0.3, 0.4) is 0 Å². The minimum atomic E-state index is -4.55. The maximum Gasteiger partial charge on any atom is 0.572 e. The molecule has 0 atom stereocenters. The highest BCUT2D eigenvalue weighted by Gasteiger charge is 2.30. The van der Waals surface area contributed by atoms with Crippen LogP contribution >= 0.6 is 0 Å². The first-order valence-corrected chi connectivity index (χ1v) is 2.34. The summed E-state index contributed by atoms with van der Waals surface area (Å²) in [4.78, 5) is 0. The molecule has 1 nitrogen and oxygen atoms in total. The van der Waals surface area contributed by atoms with Crippen LogP contribution in [0, 0.1) is 0 Å². The fourth-order valence-corrected chi connectivity index (χ4v) is 0.241. The maximum absolute atomic E-state index is 11.2. The Labute approximate surface area is 51.1 Å². The molecule has 0 aliphatic heterocycles. The Hall–Kier alpha value is -0.670. The van der Waals surface area contributed by atoms with Crippen LogP contribution in [0.4, 0.5) is 13.2 Å². The van der Waals surface area contributed by atoms with E-state index < -0.39 is 6.36 Å². The number of ether oxygens (including phenoxy) is 1. The molecule has 0 rings (SSSR count). The minimum absolute atomic E-state index is 0.137. The van der Waals surface area contributed by atoms with Crippen LogP contribution in [0.1, 0.15) is 13.8 Å². The minimum Gasteiger partial charge on any atom is -0.411 e. The molecule has 0 radical (unpaired) electrons. The lowest BCUT2D eigenvalue weighted by Gasteiger charge is -2.07. The van der Waals surface area contributed by atoms with Gasteiger partial charge in [0.15, 0.2) is 0 Å². The standard InChI is InChI=1S/C5H7F3O/c1-3-4(2)9-5(6,7)8/h3H,1-2H3. The van der Waals surface area contributed by atoms with Crippen LogP contribution in [0.2, 0.25) is 0 Å². The zero-order chi connectivity index (χ0) is 7.49. The highest BCUT2D eigenvalue weighted by Crippen LogP contribution is 2.19. The zero-order valence-electron chi connectivity index (χ0n) is 5.12. The van der Waals surface area contributed by atoms with Gasteiger partial charge in [-0.15, -0.1) is 13.2 Å². The van der Waals surface area contributed by atoms with Crippen LogP contribution in [0.5, 0.6) is 0 Å². The van der Waals surface area contributed by atoms with Crippen molar-refractivity contribution in [3.8, 4) is 0 Å². The summed E-state index contributed by atoms with van der Waals surface area (Å²) in [6, 6.07) is 0. The van der Waals surface area contributed by atoms with Crippen molar-refractivity contribution in [2.45, 2.75) is 20.2 Å². The number of alkyl halides is 3. The Kier molecular flexibility index (Phi) is 2.55. The normalized spacial score (nSPS) is 13.7. The molecule has 0 aliphatic rings. The van der Waals surface area contributed by atoms with Gasteiger partial charge in [-0.3, -0.25) is 0 Å². The van der Waals surface area contributed by atoms with E-state index in [1.54, 1.807) is 0 Å². The van der Waals surface area contributed by atoms with Crippen molar-refractivity contribution in [3.63, 3.8) is 0 Å². The Morgan fingerprint density at radius 2 is 1.89 bits per heavy atom. The molecule has 0 N–H and O–H groups in total. The molecule has 0 aromatic carbocycles. The van der Waals surface area contributed by atoms with Crippen LogP contribution in [-0.4, -0.2) is 6.36 Å². The molecule has 0 amide bonds. The van der Waals surface area contributed by atoms with Gasteiger partial charge in [-0.25, -0.2) is 0 Å². The van der Waals surface area contributed by atoms with Crippen molar-refractivity contribution in [1.29, 1.82) is 0 Å². The van der Waals surface area contributed by atoms with E-state index in [2.05, 4.69) is 4.74 Å². The highest BCUT2D eigenvalue weighted by atomic mass is 19.4. The fraction of sp³-hybridized carbons (Fsp3) is 0.600. The van der Waals surface area contributed by atoms with Crippen molar-refractivity contribution in [2.75, 3.05) is 0 Å². The van der Waals surface area contributed by atoms with Crippen LogP contribution in [0.25, 0.3) is 0 Å². The van der Waals surface area contributed by atoms with Crippen molar-refractivity contribution < 1.29 is 17.9 Å². The second-order valence-electron chi connectivity index (χ2n) is 1.45. The van der Waals surface area contributed by atoms with Crippen LogP contribution < -0.4 is 0 Å². The summed E-state index contributed by atoms with van der Waals surface area (Å²) in [5, 5.41) is 0. The number of hydrogen-bond donors (Lipinski definition) is 0. The van der Waals surface area contributed by atoms with Crippen molar-refractivity contribution >= 4 is 0 Å². The van der Waals surface area contributed by atoms with E-state index in [1.165, 1.54) is 19.9 Å². The van der Waals surface area contributed by atoms with E-state index in [1.807, 2.05) is 0 Å². The summed E-state index contributed by atoms with van der Waals surface area (Å²) in [5.74, 6) is -0.137. The summed E-state index contributed by atoms with van der Waals surface area (Å²) in [6.07, 6.45) is -3.30. The van der Waals surface area contributed by atoms with E-state index in [0.29, 0.717) is 0 Å². The molecule has 0 unspecified atom stereocenters. The molecule has 0 spiro atoms. The molecule has 9 heavy (non-hydrogen) atoms. The zero-order valence-corrected chi connectivity index (χ0v) is 5.12. The number of rotatable bonds is 1. The monoisotopic (exact) mass is 140 g/mol. The maximum atomic E-state index is 11.2. The highest BCUT2D eigenvalue weighted by molar-refractivity contribution is 4.84. The molecule has 0 saturated carbocycles. The summed E-state index contributed by atoms with van der Waals surface area (Å²) >= 11 is 0. The number of halogens is 3. The third-order valence-corrected chi connectivity index (χ3v) is 0.683. The predicted octanol–water partition coefficient (Wildman–Crippen LogP) is 2.45. The van der Waals surface area contributed by atoms with E-state index >= 15 is 0 Å².